The number of hydrogen-bond donors (Lipinski definition) is 3. The van der Waals surface area contributed by atoms with Crippen LogP contribution in [0.25, 0.3) is 0 Å². The van der Waals surface area contributed by atoms with E-state index in [2.05, 4.69) is 10.3 Å². The summed E-state index contributed by atoms with van der Waals surface area (Å²) in [6.45, 7) is 3.59. The number of benzene rings is 1. The number of aryl methyl sites for hydroxylation is 1. The van der Waals surface area contributed by atoms with Crippen LogP contribution in [0.3, 0.4) is 0 Å². The van der Waals surface area contributed by atoms with Crippen LogP contribution in [0.1, 0.15) is 18.4 Å². The van der Waals surface area contributed by atoms with E-state index in [0.717, 1.165) is 11.4 Å². The fourth-order valence-corrected chi connectivity index (χ4v) is 1.75. The van der Waals surface area contributed by atoms with Crippen molar-refractivity contribution in [2.75, 3.05) is 11.9 Å². The summed E-state index contributed by atoms with van der Waals surface area (Å²) in [7, 11) is 0. The molecule has 0 spiro atoms. The number of nitrogens with zero attached hydrogens (tertiary/aromatic N) is 1. The normalized spacial score (nSPS) is 14.1. The summed E-state index contributed by atoms with van der Waals surface area (Å²) in [6, 6.07) is 13.0. The first-order valence-electron chi connectivity index (χ1n) is 6.39. The first-order chi connectivity index (χ1) is 9.47. The molecule has 2 aromatic rings. The molecule has 0 bridgehead atoms. The lowest BCUT2D eigenvalue weighted by molar-refractivity contribution is 0.0430. The number of nitrogens with one attached hydrogen (secondary N) is 1. The predicted molar refractivity (Wildman–Crippen MR) is 95.0 cm³/mol. The minimum absolute atomic E-state index is 0. The second-order valence-electron chi connectivity index (χ2n) is 4.88. The summed E-state index contributed by atoms with van der Waals surface area (Å²) in [4.78, 5) is 4.15. The number of hydrogen-bond acceptors (Lipinski definition) is 3. The minimum Gasteiger partial charge on any atom is -0.463 e. The van der Waals surface area contributed by atoms with Gasteiger partial charge in [-0.05, 0) is 38.1 Å². The third-order valence-electron chi connectivity index (χ3n) is 2.87. The lowest BCUT2D eigenvalue weighted by atomic mass is 10.0. The Labute approximate surface area is 141 Å². The number of aliphatic hydroxyl groups is 1. The average Bonchev–Trinajstić information content (AvgIpc) is 2.85. The summed E-state index contributed by atoms with van der Waals surface area (Å²) in [6.07, 6.45) is 0. The van der Waals surface area contributed by atoms with Crippen LogP contribution in [0, 0.1) is 6.92 Å². The summed E-state index contributed by atoms with van der Waals surface area (Å²) >= 11 is 0. The van der Waals surface area contributed by atoms with Gasteiger partial charge in [-0.2, -0.15) is 0 Å². The van der Waals surface area contributed by atoms with Crippen LogP contribution in [-0.4, -0.2) is 17.6 Å². The van der Waals surface area contributed by atoms with Crippen molar-refractivity contribution in [1.29, 1.82) is 0 Å². The maximum Gasteiger partial charge on any atom is 0.193 e. The molecular weight excluding hydrogens is 381 g/mol. The standard InChI is InChI=1S/C15H19N3O2.HI/c1-11-8-9-13(20-11)15(2,19)10-17-14(16)18-12-6-4-3-5-7-12;/h3-9,19H,10H2,1-2H3,(H3,16,17,18);1H. The molecule has 2 rings (SSSR count). The van der Waals surface area contributed by atoms with Crippen LogP contribution >= 0.6 is 24.0 Å². The first kappa shape index (κ1) is 17.5. The van der Waals surface area contributed by atoms with Gasteiger partial charge in [-0.3, -0.25) is 0 Å². The van der Waals surface area contributed by atoms with E-state index in [4.69, 9.17) is 10.2 Å². The maximum atomic E-state index is 10.3. The highest BCUT2D eigenvalue weighted by Gasteiger charge is 2.26. The molecule has 4 N–H and O–H groups in total. The Morgan fingerprint density at radius 3 is 2.52 bits per heavy atom. The molecule has 0 aliphatic heterocycles. The Morgan fingerprint density at radius 1 is 1.29 bits per heavy atom. The molecule has 0 saturated heterocycles. The Bertz CT molecular complexity index is 594. The van der Waals surface area contributed by atoms with Crippen molar-refractivity contribution in [2.24, 2.45) is 10.7 Å². The third-order valence-corrected chi connectivity index (χ3v) is 2.87. The van der Waals surface area contributed by atoms with Gasteiger partial charge in [-0.15, -0.1) is 24.0 Å². The zero-order chi connectivity index (χ0) is 14.6. The molecule has 6 heteroatoms. The fraction of sp³-hybridized carbons (Fsp3) is 0.267. The Morgan fingerprint density at radius 2 is 1.95 bits per heavy atom. The molecule has 0 fully saturated rings. The molecule has 0 aliphatic carbocycles. The monoisotopic (exact) mass is 401 g/mol. The van der Waals surface area contributed by atoms with Gasteiger partial charge < -0.3 is 20.6 Å². The number of para-hydroxylation sites is 1. The number of nitrogens with two attached hydrogens (primary N) is 1. The van der Waals surface area contributed by atoms with E-state index in [-0.39, 0.29) is 36.5 Å². The van der Waals surface area contributed by atoms with E-state index in [9.17, 15) is 5.11 Å². The minimum atomic E-state index is -1.18. The van der Waals surface area contributed by atoms with Crippen molar-refractivity contribution in [1.82, 2.24) is 0 Å². The number of furan rings is 1. The number of anilines is 1. The van der Waals surface area contributed by atoms with Crippen molar-refractivity contribution in [3.05, 3.63) is 54.0 Å². The lowest BCUT2D eigenvalue weighted by Gasteiger charge is -2.18. The van der Waals surface area contributed by atoms with E-state index >= 15 is 0 Å². The summed E-state index contributed by atoms with van der Waals surface area (Å²) in [5.41, 5.74) is 5.46. The van der Waals surface area contributed by atoms with Crippen LogP contribution in [0.2, 0.25) is 0 Å². The molecular formula is C15H20IN3O2. The smallest absolute Gasteiger partial charge is 0.193 e. The molecule has 1 aromatic heterocycles. The van der Waals surface area contributed by atoms with Crippen molar-refractivity contribution in [3.8, 4) is 0 Å². The third kappa shape index (κ3) is 5.05. The topological polar surface area (TPSA) is 83.8 Å². The summed E-state index contributed by atoms with van der Waals surface area (Å²) < 4.78 is 5.42. The van der Waals surface area contributed by atoms with Gasteiger partial charge in [0.15, 0.2) is 5.96 Å². The van der Waals surface area contributed by atoms with Crippen molar-refractivity contribution in [2.45, 2.75) is 19.4 Å². The molecule has 21 heavy (non-hydrogen) atoms. The molecule has 0 radical (unpaired) electrons. The van der Waals surface area contributed by atoms with Gasteiger partial charge in [-0.1, -0.05) is 18.2 Å². The largest absolute Gasteiger partial charge is 0.463 e. The van der Waals surface area contributed by atoms with Gasteiger partial charge in [0.25, 0.3) is 0 Å². The Balaban J connectivity index is 0.00000220. The zero-order valence-electron chi connectivity index (χ0n) is 12.0. The van der Waals surface area contributed by atoms with Crippen LogP contribution in [0.4, 0.5) is 5.69 Å². The molecule has 1 heterocycles. The second kappa shape index (κ2) is 7.46. The average molecular weight is 401 g/mol. The predicted octanol–water partition coefficient (Wildman–Crippen LogP) is 2.84. The molecule has 0 aliphatic rings. The van der Waals surface area contributed by atoms with Crippen molar-refractivity contribution < 1.29 is 9.52 Å². The quantitative estimate of drug-likeness (QED) is 0.418. The van der Waals surface area contributed by atoms with Crippen molar-refractivity contribution >= 4 is 35.6 Å². The molecule has 1 unspecified atom stereocenters. The van der Waals surface area contributed by atoms with E-state index in [0.29, 0.717) is 5.76 Å². The number of guanidine groups is 1. The van der Waals surface area contributed by atoms with Gasteiger partial charge in [0.1, 0.15) is 17.1 Å². The molecule has 1 atom stereocenters. The lowest BCUT2D eigenvalue weighted by Crippen LogP contribution is -2.29. The molecule has 1 aromatic carbocycles. The van der Waals surface area contributed by atoms with Gasteiger partial charge >= 0.3 is 0 Å². The molecule has 0 saturated carbocycles. The fourth-order valence-electron chi connectivity index (χ4n) is 1.75. The first-order valence-corrected chi connectivity index (χ1v) is 6.39. The van der Waals surface area contributed by atoms with E-state index in [1.54, 1.807) is 19.1 Å². The summed E-state index contributed by atoms with van der Waals surface area (Å²) in [5.74, 6) is 1.48. The Kier molecular flexibility index (Phi) is 6.22. The van der Waals surface area contributed by atoms with E-state index in [1.807, 2.05) is 37.3 Å². The summed E-state index contributed by atoms with van der Waals surface area (Å²) in [5, 5.41) is 13.3. The van der Waals surface area contributed by atoms with Gasteiger partial charge in [0.05, 0.1) is 6.54 Å². The van der Waals surface area contributed by atoms with Crippen LogP contribution in [-0.2, 0) is 5.60 Å². The zero-order valence-corrected chi connectivity index (χ0v) is 14.4. The van der Waals surface area contributed by atoms with Gasteiger partial charge in [0, 0.05) is 5.69 Å². The highest BCUT2D eigenvalue weighted by atomic mass is 127. The maximum absolute atomic E-state index is 10.3. The van der Waals surface area contributed by atoms with E-state index < -0.39 is 5.60 Å². The van der Waals surface area contributed by atoms with Crippen LogP contribution in [0.5, 0.6) is 0 Å². The van der Waals surface area contributed by atoms with Crippen molar-refractivity contribution in [3.63, 3.8) is 0 Å². The van der Waals surface area contributed by atoms with Gasteiger partial charge in [-0.25, -0.2) is 4.99 Å². The van der Waals surface area contributed by atoms with E-state index in [1.165, 1.54) is 0 Å². The van der Waals surface area contributed by atoms with Crippen LogP contribution in [0.15, 0.2) is 51.9 Å². The second-order valence-corrected chi connectivity index (χ2v) is 4.88. The van der Waals surface area contributed by atoms with Gasteiger partial charge in [0.2, 0.25) is 0 Å². The highest BCUT2D eigenvalue weighted by Crippen LogP contribution is 2.23. The molecule has 114 valence electrons. The number of rotatable bonds is 4. The number of halogens is 1. The molecule has 0 amide bonds. The van der Waals surface area contributed by atoms with Crippen LogP contribution < -0.4 is 11.1 Å². The molecule has 5 nitrogen and oxygen atoms in total. The SMILES string of the molecule is Cc1ccc(C(C)(O)CN=C(N)Nc2ccccc2)o1.I. The Hall–Kier alpha value is -1.54. The highest BCUT2D eigenvalue weighted by molar-refractivity contribution is 14.0. The number of aliphatic imine (C=N–C) groups is 1.